The zero-order valence-corrected chi connectivity index (χ0v) is 11.4. The van der Waals surface area contributed by atoms with Gasteiger partial charge in [0.1, 0.15) is 0 Å². The Morgan fingerprint density at radius 2 is 2.18 bits per heavy atom. The van der Waals surface area contributed by atoms with Crippen molar-refractivity contribution in [1.82, 2.24) is 10.2 Å². The summed E-state index contributed by atoms with van der Waals surface area (Å²) in [5.74, 6) is 1.19. The van der Waals surface area contributed by atoms with Crippen molar-refractivity contribution in [3.8, 4) is 0 Å². The molecule has 2 nitrogen and oxygen atoms in total. The molecule has 0 aliphatic carbocycles. The predicted molar refractivity (Wildman–Crippen MR) is 75.7 cm³/mol. The van der Waals surface area contributed by atoms with E-state index in [2.05, 4.69) is 47.5 Å². The van der Waals surface area contributed by atoms with Crippen LogP contribution in [0.1, 0.15) is 13.3 Å². The van der Waals surface area contributed by atoms with Crippen molar-refractivity contribution in [3.63, 3.8) is 0 Å². The van der Waals surface area contributed by atoms with Gasteiger partial charge >= 0.3 is 0 Å². The fourth-order valence-electron chi connectivity index (χ4n) is 2.30. The third kappa shape index (κ3) is 4.02. The van der Waals surface area contributed by atoms with Crippen LogP contribution in [0.15, 0.2) is 35.2 Å². The molecule has 1 aliphatic heterocycles. The third-order valence-electron chi connectivity index (χ3n) is 3.33. The first-order valence-electron chi connectivity index (χ1n) is 6.52. The van der Waals surface area contributed by atoms with Gasteiger partial charge in [-0.15, -0.1) is 11.8 Å². The lowest BCUT2D eigenvalue weighted by Gasteiger charge is -2.35. The predicted octanol–water partition coefficient (Wildman–Crippen LogP) is 2.46. The summed E-state index contributed by atoms with van der Waals surface area (Å²) in [6.07, 6.45) is 1.25. The monoisotopic (exact) mass is 250 g/mol. The van der Waals surface area contributed by atoms with Crippen LogP contribution >= 0.6 is 11.8 Å². The molecule has 1 fully saturated rings. The first-order valence-corrected chi connectivity index (χ1v) is 7.51. The molecule has 0 spiro atoms. The molecule has 0 bridgehead atoms. The Morgan fingerprint density at radius 1 is 1.35 bits per heavy atom. The molecule has 1 unspecified atom stereocenters. The number of piperazine rings is 1. The second kappa shape index (κ2) is 7.04. The summed E-state index contributed by atoms with van der Waals surface area (Å²) < 4.78 is 0. The highest BCUT2D eigenvalue weighted by Gasteiger charge is 2.19. The summed E-state index contributed by atoms with van der Waals surface area (Å²) in [6.45, 7) is 7.00. The normalized spacial score (nSPS) is 21.6. The molecule has 1 N–H and O–H groups in total. The zero-order valence-electron chi connectivity index (χ0n) is 10.6. The Hall–Kier alpha value is -0.510. The largest absolute Gasteiger partial charge is 0.314 e. The average Bonchev–Trinajstić information content (AvgIpc) is 2.40. The minimum absolute atomic E-state index is 0.736. The van der Waals surface area contributed by atoms with Crippen LogP contribution in [-0.4, -0.2) is 42.9 Å². The van der Waals surface area contributed by atoms with E-state index in [0.29, 0.717) is 0 Å². The fourth-order valence-corrected chi connectivity index (χ4v) is 3.21. The van der Waals surface area contributed by atoms with Gasteiger partial charge in [-0.05, 0) is 18.6 Å². The highest BCUT2D eigenvalue weighted by Crippen LogP contribution is 2.17. The van der Waals surface area contributed by atoms with Gasteiger partial charge in [0, 0.05) is 42.9 Å². The summed E-state index contributed by atoms with van der Waals surface area (Å²) in [4.78, 5) is 4.02. The molecule has 1 atom stereocenters. The van der Waals surface area contributed by atoms with E-state index in [0.717, 1.165) is 19.1 Å². The second-order valence-electron chi connectivity index (χ2n) is 4.46. The molecule has 2 rings (SSSR count). The van der Waals surface area contributed by atoms with Gasteiger partial charge in [0.15, 0.2) is 0 Å². The quantitative estimate of drug-likeness (QED) is 0.808. The molecule has 1 heterocycles. The van der Waals surface area contributed by atoms with Crippen molar-refractivity contribution in [1.29, 1.82) is 0 Å². The Balaban J connectivity index is 1.74. The van der Waals surface area contributed by atoms with Gasteiger partial charge in [-0.1, -0.05) is 25.1 Å². The molecule has 3 heteroatoms. The molecular weight excluding hydrogens is 228 g/mol. The van der Waals surface area contributed by atoms with Crippen molar-refractivity contribution in [3.05, 3.63) is 30.3 Å². The topological polar surface area (TPSA) is 15.3 Å². The first-order chi connectivity index (χ1) is 8.40. The minimum Gasteiger partial charge on any atom is -0.314 e. The van der Waals surface area contributed by atoms with E-state index < -0.39 is 0 Å². The highest BCUT2D eigenvalue weighted by atomic mass is 32.2. The number of thioether (sulfide) groups is 1. The third-order valence-corrected chi connectivity index (χ3v) is 4.33. The van der Waals surface area contributed by atoms with Crippen LogP contribution in [0, 0.1) is 0 Å². The molecule has 17 heavy (non-hydrogen) atoms. The van der Waals surface area contributed by atoms with Crippen molar-refractivity contribution < 1.29 is 0 Å². The van der Waals surface area contributed by atoms with Gasteiger partial charge in [0.2, 0.25) is 0 Å². The van der Waals surface area contributed by atoms with Gasteiger partial charge in [-0.2, -0.15) is 0 Å². The number of benzene rings is 1. The highest BCUT2D eigenvalue weighted by molar-refractivity contribution is 7.99. The van der Waals surface area contributed by atoms with Gasteiger partial charge in [-0.25, -0.2) is 0 Å². The van der Waals surface area contributed by atoms with E-state index in [4.69, 9.17) is 0 Å². The SMILES string of the molecule is CCC1CNCCN1CCSc1ccccc1. The zero-order chi connectivity index (χ0) is 11.9. The maximum absolute atomic E-state index is 3.48. The minimum atomic E-state index is 0.736. The summed E-state index contributed by atoms with van der Waals surface area (Å²) in [6, 6.07) is 11.4. The van der Waals surface area contributed by atoms with Crippen molar-refractivity contribution in [2.45, 2.75) is 24.3 Å². The molecule has 94 valence electrons. The lowest BCUT2D eigenvalue weighted by molar-refractivity contribution is 0.167. The Labute approximate surface area is 109 Å². The molecule has 1 aliphatic rings. The molecular formula is C14H22N2S. The van der Waals surface area contributed by atoms with Crippen LogP contribution in [0.2, 0.25) is 0 Å². The number of nitrogens with zero attached hydrogens (tertiary/aromatic N) is 1. The van der Waals surface area contributed by atoms with E-state index in [-0.39, 0.29) is 0 Å². The van der Waals surface area contributed by atoms with E-state index in [1.54, 1.807) is 0 Å². The number of hydrogen-bond acceptors (Lipinski definition) is 3. The van der Waals surface area contributed by atoms with Crippen molar-refractivity contribution in [2.75, 3.05) is 31.9 Å². The number of hydrogen-bond donors (Lipinski definition) is 1. The summed E-state index contributed by atoms with van der Waals surface area (Å²) in [5, 5.41) is 3.48. The van der Waals surface area contributed by atoms with Crippen molar-refractivity contribution >= 4 is 11.8 Å². The molecule has 1 aromatic carbocycles. The first kappa shape index (κ1) is 12.9. The van der Waals surface area contributed by atoms with E-state index >= 15 is 0 Å². The standard InChI is InChI=1S/C14H22N2S/c1-2-13-12-15-8-9-16(13)10-11-17-14-6-4-3-5-7-14/h3-7,13,15H,2,8-12H2,1H3. The number of nitrogens with one attached hydrogen (secondary N) is 1. The fraction of sp³-hybridized carbons (Fsp3) is 0.571. The molecule has 0 radical (unpaired) electrons. The van der Waals surface area contributed by atoms with Gasteiger partial charge < -0.3 is 5.32 Å². The van der Waals surface area contributed by atoms with E-state index in [9.17, 15) is 0 Å². The Kier molecular flexibility index (Phi) is 5.36. The summed E-state index contributed by atoms with van der Waals surface area (Å²) in [5.41, 5.74) is 0. The molecule has 0 amide bonds. The lowest BCUT2D eigenvalue weighted by Crippen LogP contribution is -2.51. The maximum Gasteiger partial charge on any atom is 0.0218 e. The molecule has 0 saturated carbocycles. The number of rotatable bonds is 5. The Bertz CT molecular complexity index is 315. The van der Waals surface area contributed by atoms with Crippen LogP contribution < -0.4 is 5.32 Å². The molecule has 0 aromatic heterocycles. The Morgan fingerprint density at radius 3 is 2.94 bits per heavy atom. The smallest absolute Gasteiger partial charge is 0.0218 e. The van der Waals surface area contributed by atoms with Gasteiger partial charge in [0.05, 0.1) is 0 Å². The van der Waals surface area contributed by atoms with Gasteiger partial charge in [-0.3, -0.25) is 4.90 Å². The van der Waals surface area contributed by atoms with E-state index in [1.165, 1.54) is 30.2 Å². The average molecular weight is 250 g/mol. The van der Waals surface area contributed by atoms with Gasteiger partial charge in [0.25, 0.3) is 0 Å². The van der Waals surface area contributed by atoms with Crippen LogP contribution in [0.25, 0.3) is 0 Å². The van der Waals surface area contributed by atoms with Crippen LogP contribution in [-0.2, 0) is 0 Å². The van der Waals surface area contributed by atoms with Crippen molar-refractivity contribution in [2.24, 2.45) is 0 Å². The summed E-state index contributed by atoms with van der Waals surface area (Å²) in [7, 11) is 0. The molecule has 1 aromatic rings. The maximum atomic E-state index is 3.48. The second-order valence-corrected chi connectivity index (χ2v) is 5.63. The summed E-state index contributed by atoms with van der Waals surface area (Å²) >= 11 is 1.96. The van der Waals surface area contributed by atoms with Crippen LogP contribution in [0.4, 0.5) is 0 Å². The van der Waals surface area contributed by atoms with E-state index in [1.807, 2.05) is 11.8 Å². The molecule has 1 saturated heterocycles. The van der Waals surface area contributed by atoms with Crippen LogP contribution in [0.5, 0.6) is 0 Å². The lowest BCUT2D eigenvalue weighted by atomic mass is 10.1. The van der Waals surface area contributed by atoms with Crippen LogP contribution in [0.3, 0.4) is 0 Å².